The standard InChI is InChI=1S/C11H20N2O2/c1-3-6-13-10(14)8-15-11(2)5-4-7-12-9-11/h3,12H,1,4-9H2,2H3,(H,13,14). The van der Waals surface area contributed by atoms with Crippen LogP contribution < -0.4 is 10.6 Å². The summed E-state index contributed by atoms with van der Waals surface area (Å²) >= 11 is 0. The van der Waals surface area contributed by atoms with Gasteiger partial charge in [0.15, 0.2) is 0 Å². The predicted octanol–water partition coefficient (Wildman–Crippen LogP) is 0.447. The van der Waals surface area contributed by atoms with E-state index in [-0.39, 0.29) is 18.1 Å². The van der Waals surface area contributed by atoms with Gasteiger partial charge in [0.25, 0.3) is 0 Å². The number of amides is 1. The molecule has 1 fully saturated rings. The summed E-state index contributed by atoms with van der Waals surface area (Å²) in [6.07, 6.45) is 3.77. The Morgan fingerprint density at radius 1 is 1.73 bits per heavy atom. The Morgan fingerprint density at radius 2 is 2.53 bits per heavy atom. The van der Waals surface area contributed by atoms with E-state index in [1.54, 1.807) is 6.08 Å². The fourth-order valence-corrected chi connectivity index (χ4v) is 1.63. The number of hydrogen-bond acceptors (Lipinski definition) is 3. The molecule has 1 heterocycles. The topological polar surface area (TPSA) is 50.4 Å². The molecular weight excluding hydrogens is 192 g/mol. The third-order valence-corrected chi connectivity index (χ3v) is 2.55. The molecule has 1 atom stereocenters. The number of piperidine rings is 1. The highest BCUT2D eigenvalue weighted by Crippen LogP contribution is 2.19. The molecule has 1 amide bonds. The second-order valence-corrected chi connectivity index (χ2v) is 4.11. The number of carbonyl (C=O) groups is 1. The quantitative estimate of drug-likeness (QED) is 0.650. The number of rotatable bonds is 5. The monoisotopic (exact) mass is 212 g/mol. The third-order valence-electron chi connectivity index (χ3n) is 2.55. The second kappa shape index (κ2) is 5.88. The van der Waals surface area contributed by atoms with E-state index in [1.165, 1.54) is 0 Å². The summed E-state index contributed by atoms with van der Waals surface area (Å²) in [7, 11) is 0. The molecule has 0 aromatic rings. The lowest BCUT2D eigenvalue weighted by Crippen LogP contribution is -2.47. The van der Waals surface area contributed by atoms with Gasteiger partial charge >= 0.3 is 0 Å². The molecule has 0 radical (unpaired) electrons. The highest BCUT2D eigenvalue weighted by molar-refractivity contribution is 5.77. The molecule has 0 bridgehead atoms. The van der Waals surface area contributed by atoms with Crippen molar-refractivity contribution < 1.29 is 9.53 Å². The van der Waals surface area contributed by atoms with Crippen molar-refractivity contribution in [3.8, 4) is 0 Å². The number of ether oxygens (including phenoxy) is 1. The van der Waals surface area contributed by atoms with Gasteiger partial charge in [-0.05, 0) is 26.3 Å². The fraction of sp³-hybridized carbons (Fsp3) is 0.727. The lowest BCUT2D eigenvalue weighted by Gasteiger charge is -2.33. The SMILES string of the molecule is C=CCNC(=O)COC1(C)CCCNC1. The van der Waals surface area contributed by atoms with Crippen molar-refractivity contribution in [3.05, 3.63) is 12.7 Å². The van der Waals surface area contributed by atoms with Gasteiger partial charge in [0.2, 0.25) is 5.91 Å². The van der Waals surface area contributed by atoms with E-state index >= 15 is 0 Å². The molecule has 1 aliphatic heterocycles. The zero-order chi connectivity index (χ0) is 11.1. The van der Waals surface area contributed by atoms with Gasteiger partial charge in [-0.15, -0.1) is 6.58 Å². The summed E-state index contributed by atoms with van der Waals surface area (Å²) < 4.78 is 5.62. The molecule has 0 aromatic carbocycles. The first-order valence-electron chi connectivity index (χ1n) is 5.38. The molecule has 1 unspecified atom stereocenters. The minimum absolute atomic E-state index is 0.0818. The maximum atomic E-state index is 11.3. The molecule has 0 spiro atoms. The molecule has 1 rings (SSSR count). The van der Waals surface area contributed by atoms with Crippen LogP contribution in [0.1, 0.15) is 19.8 Å². The van der Waals surface area contributed by atoms with Crippen LogP contribution in [-0.2, 0) is 9.53 Å². The highest BCUT2D eigenvalue weighted by atomic mass is 16.5. The van der Waals surface area contributed by atoms with Crippen LogP contribution in [0.4, 0.5) is 0 Å². The summed E-state index contributed by atoms with van der Waals surface area (Å²) in [5.74, 6) is -0.0818. The molecule has 0 aliphatic carbocycles. The number of nitrogens with one attached hydrogen (secondary N) is 2. The summed E-state index contributed by atoms with van der Waals surface area (Å²) in [5.41, 5.74) is -0.191. The van der Waals surface area contributed by atoms with E-state index in [4.69, 9.17) is 4.74 Å². The zero-order valence-corrected chi connectivity index (χ0v) is 9.34. The highest BCUT2D eigenvalue weighted by Gasteiger charge is 2.27. The summed E-state index contributed by atoms with van der Waals surface area (Å²) in [4.78, 5) is 11.3. The molecule has 15 heavy (non-hydrogen) atoms. The Bertz CT molecular complexity index is 223. The summed E-state index contributed by atoms with van der Waals surface area (Å²) in [5, 5.41) is 5.96. The minimum Gasteiger partial charge on any atom is -0.364 e. The molecule has 0 saturated carbocycles. The van der Waals surface area contributed by atoms with Crippen LogP contribution in [0.3, 0.4) is 0 Å². The minimum atomic E-state index is -0.191. The molecule has 4 heteroatoms. The van der Waals surface area contributed by atoms with Crippen molar-refractivity contribution in [3.63, 3.8) is 0 Å². The van der Waals surface area contributed by atoms with Crippen LogP contribution in [0.5, 0.6) is 0 Å². The summed E-state index contributed by atoms with van der Waals surface area (Å²) in [6, 6.07) is 0. The van der Waals surface area contributed by atoms with E-state index in [2.05, 4.69) is 17.2 Å². The fourth-order valence-electron chi connectivity index (χ4n) is 1.63. The molecule has 0 aromatic heterocycles. The molecule has 2 N–H and O–H groups in total. The van der Waals surface area contributed by atoms with Crippen molar-refractivity contribution >= 4 is 5.91 Å². The average Bonchev–Trinajstić information content (AvgIpc) is 2.25. The average molecular weight is 212 g/mol. The van der Waals surface area contributed by atoms with E-state index in [9.17, 15) is 4.79 Å². The van der Waals surface area contributed by atoms with Crippen LogP contribution in [0.2, 0.25) is 0 Å². The van der Waals surface area contributed by atoms with E-state index in [0.717, 1.165) is 25.9 Å². The Hall–Kier alpha value is -0.870. The van der Waals surface area contributed by atoms with E-state index in [1.807, 2.05) is 6.92 Å². The molecule has 1 aliphatic rings. The van der Waals surface area contributed by atoms with E-state index in [0.29, 0.717) is 6.54 Å². The van der Waals surface area contributed by atoms with Gasteiger partial charge in [-0.25, -0.2) is 0 Å². The Morgan fingerprint density at radius 3 is 3.13 bits per heavy atom. The van der Waals surface area contributed by atoms with Crippen molar-refractivity contribution in [2.24, 2.45) is 0 Å². The predicted molar refractivity (Wildman–Crippen MR) is 59.7 cm³/mol. The van der Waals surface area contributed by atoms with Crippen LogP contribution in [0.15, 0.2) is 12.7 Å². The lowest BCUT2D eigenvalue weighted by molar-refractivity contribution is -0.133. The molecule has 4 nitrogen and oxygen atoms in total. The van der Waals surface area contributed by atoms with Gasteiger partial charge in [-0.3, -0.25) is 4.79 Å². The van der Waals surface area contributed by atoms with Crippen LogP contribution in [0.25, 0.3) is 0 Å². The molecular formula is C11H20N2O2. The zero-order valence-electron chi connectivity index (χ0n) is 9.34. The van der Waals surface area contributed by atoms with Crippen LogP contribution in [-0.4, -0.2) is 37.7 Å². The molecule has 1 saturated heterocycles. The smallest absolute Gasteiger partial charge is 0.246 e. The van der Waals surface area contributed by atoms with Gasteiger partial charge in [-0.2, -0.15) is 0 Å². The summed E-state index contributed by atoms with van der Waals surface area (Å²) in [6.45, 7) is 8.06. The van der Waals surface area contributed by atoms with Gasteiger partial charge in [0, 0.05) is 13.1 Å². The van der Waals surface area contributed by atoms with Crippen LogP contribution in [0, 0.1) is 0 Å². The van der Waals surface area contributed by atoms with Crippen molar-refractivity contribution in [2.45, 2.75) is 25.4 Å². The van der Waals surface area contributed by atoms with Gasteiger partial charge in [0.05, 0.1) is 5.60 Å². The largest absolute Gasteiger partial charge is 0.364 e. The number of carbonyl (C=O) groups excluding carboxylic acids is 1. The van der Waals surface area contributed by atoms with Gasteiger partial charge in [0.1, 0.15) is 6.61 Å². The van der Waals surface area contributed by atoms with Gasteiger partial charge in [-0.1, -0.05) is 6.08 Å². The normalized spacial score (nSPS) is 25.9. The first-order valence-corrected chi connectivity index (χ1v) is 5.38. The van der Waals surface area contributed by atoms with Crippen LogP contribution >= 0.6 is 0 Å². The molecule has 86 valence electrons. The van der Waals surface area contributed by atoms with Crippen molar-refractivity contribution in [1.29, 1.82) is 0 Å². The Labute approximate surface area is 91.1 Å². The van der Waals surface area contributed by atoms with Crippen molar-refractivity contribution in [1.82, 2.24) is 10.6 Å². The lowest BCUT2D eigenvalue weighted by atomic mass is 9.96. The van der Waals surface area contributed by atoms with E-state index < -0.39 is 0 Å². The van der Waals surface area contributed by atoms with Gasteiger partial charge < -0.3 is 15.4 Å². The maximum Gasteiger partial charge on any atom is 0.246 e. The second-order valence-electron chi connectivity index (χ2n) is 4.11. The first kappa shape index (κ1) is 12.2. The maximum absolute atomic E-state index is 11.3. The first-order chi connectivity index (χ1) is 7.16. The Balaban J connectivity index is 2.22. The van der Waals surface area contributed by atoms with Crippen molar-refractivity contribution in [2.75, 3.05) is 26.2 Å². The number of hydrogen-bond donors (Lipinski definition) is 2. The Kier molecular flexibility index (Phi) is 4.78. The third kappa shape index (κ3) is 4.44.